The fourth-order valence-corrected chi connectivity index (χ4v) is 4.72. The van der Waals surface area contributed by atoms with E-state index < -0.39 is 10.0 Å². The Morgan fingerprint density at radius 2 is 1.78 bits per heavy atom. The van der Waals surface area contributed by atoms with Crippen molar-refractivity contribution in [3.05, 3.63) is 33.8 Å². The third kappa shape index (κ3) is 4.32. The number of carbonyl (C=O) groups is 1. The fraction of sp³-hybridized carbons (Fsp3) is 0.529. The Balaban J connectivity index is 1.69. The first-order valence-electron chi connectivity index (χ1n) is 8.54. The van der Waals surface area contributed by atoms with Crippen molar-refractivity contribution < 1.29 is 13.2 Å². The third-order valence-corrected chi connectivity index (χ3v) is 7.15. The van der Waals surface area contributed by atoms with E-state index in [9.17, 15) is 18.5 Å². The molecule has 2 unspecified atom stereocenters. The highest BCUT2D eigenvalue weighted by molar-refractivity contribution is 7.88. The van der Waals surface area contributed by atoms with Crippen LogP contribution in [0.1, 0.15) is 11.5 Å². The van der Waals surface area contributed by atoms with Crippen molar-refractivity contribution in [2.75, 3.05) is 45.5 Å². The molecule has 3 rings (SSSR count). The van der Waals surface area contributed by atoms with Gasteiger partial charge in [-0.05, 0) is 17.7 Å². The number of likely N-dealkylation sites (tertiary alicyclic amines) is 1. The molecule has 7 nitrogen and oxygen atoms in total. The molecule has 1 aromatic carbocycles. The number of halogens is 2. The number of carbonyl (C=O) groups excluding carboxylic acids is 1. The molecule has 0 aliphatic carbocycles. The minimum absolute atomic E-state index is 0.133. The summed E-state index contributed by atoms with van der Waals surface area (Å²) in [5, 5.41) is 10.4. The molecule has 0 aromatic heterocycles. The number of urea groups is 1. The van der Waals surface area contributed by atoms with Crippen LogP contribution in [0.5, 0.6) is 0 Å². The average molecular weight is 431 g/mol. The number of sulfonamides is 1. The van der Waals surface area contributed by atoms with E-state index in [1.54, 1.807) is 21.9 Å². The second kappa shape index (κ2) is 7.84. The Labute approximate surface area is 169 Å². The molecule has 2 atom stereocenters. The monoisotopic (exact) mass is 430 g/mol. The van der Waals surface area contributed by atoms with Gasteiger partial charge in [0.25, 0.3) is 0 Å². The third-order valence-electron chi connectivity index (χ3n) is 5.11. The quantitative estimate of drug-likeness (QED) is 0.719. The largest absolute Gasteiger partial charge is 0.323 e. The molecule has 2 aliphatic heterocycles. The van der Waals surface area contributed by atoms with Crippen LogP contribution in [0.15, 0.2) is 18.2 Å². The first-order chi connectivity index (χ1) is 12.7. The molecule has 2 amide bonds. The van der Waals surface area contributed by atoms with Gasteiger partial charge in [-0.15, -0.1) is 0 Å². The number of rotatable bonds is 2. The Morgan fingerprint density at radius 1 is 1.11 bits per heavy atom. The summed E-state index contributed by atoms with van der Waals surface area (Å²) < 4.78 is 24.6. The molecule has 2 aliphatic rings. The van der Waals surface area contributed by atoms with Gasteiger partial charge in [0.2, 0.25) is 10.0 Å². The van der Waals surface area contributed by atoms with Crippen molar-refractivity contribution in [3.63, 3.8) is 0 Å². The number of piperazine rings is 1. The summed E-state index contributed by atoms with van der Waals surface area (Å²) in [4.78, 5) is 16.2. The first kappa shape index (κ1) is 20.2. The second-order valence-electron chi connectivity index (χ2n) is 6.85. The molecule has 1 aromatic rings. The lowest BCUT2D eigenvalue weighted by Crippen LogP contribution is -2.53. The lowest BCUT2D eigenvalue weighted by molar-refractivity contribution is 0.141. The summed E-state index contributed by atoms with van der Waals surface area (Å²) in [5.74, 6) is -0.463. The van der Waals surface area contributed by atoms with Gasteiger partial charge in [0, 0.05) is 45.2 Å². The Morgan fingerprint density at radius 3 is 2.33 bits per heavy atom. The van der Waals surface area contributed by atoms with E-state index in [1.165, 1.54) is 10.6 Å². The normalized spacial score (nSPS) is 24.1. The van der Waals surface area contributed by atoms with E-state index in [0.717, 1.165) is 5.56 Å². The minimum atomic E-state index is -3.24. The van der Waals surface area contributed by atoms with Gasteiger partial charge in [-0.25, -0.2) is 13.2 Å². The van der Waals surface area contributed by atoms with Crippen LogP contribution in [0, 0.1) is 17.2 Å². The van der Waals surface area contributed by atoms with Gasteiger partial charge >= 0.3 is 6.03 Å². The van der Waals surface area contributed by atoms with Crippen LogP contribution in [0.4, 0.5) is 4.79 Å². The zero-order valence-electron chi connectivity index (χ0n) is 14.8. The van der Waals surface area contributed by atoms with Crippen molar-refractivity contribution in [2.24, 2.45) is 5.92 Å². The Hall–Kier alpha value is -1.53. The van der Waals surface area contributed by atoms with E-state index in [2.05, 4.69) is 6.07 Å². The lowest BCUT2D eigenvalue weighted by atomic mass is 9.90. The first-order valence-corrected chi connectivity index (χ1v) is 11.1. The van der Waals surface area contributed by atoms with Crippen molar-refractivity contribution in [1.29, 1.82) is 5.26 Å². The molecule has 0 spiro atoms. The molecule has 2 heterocycles. The van der Waals surface area contributed by atoms with Crippen LogP contribution in [0.2, 0.25) is 10.0 Å². The summed E-state index contributed by atoms with van der Waals surface area (Å²) in [6, 6.07) is 7.40. The maximum Gasteiger partial charge on any atom is 0.320 e. The van der Waals surface area contributed by atoms with E-state index in [0.29, 0.717) is 36.2 Å². The molecule has 146 valence electrons. The number of hydrogen-bond donors (Lipinski definition) is 0. The predicted octanol–water partition coefficient (Wildman–Crippen LogP) is 2.23. The van der Waals surface area contributed by atoms with Gasteiger partial charge in [0.1, 0.15) is 0 Å². The molecular formula is C17H20Cl2N4O3S. The predicted molar refractivity (Wildman–Crippen MR) is 103 cm³/mol. The van der Waals surface area contributed by atoms with Crippen LogP contribution in [-0.4, -0.2) is 74.1 Å². The molecule has 0 bridgehead atoms. The van der Waals surface area contributed by atoms with Crippen molar-refractivity contribution in [1.82, 2.24) is 14.1 Å². The molecule has 0 radical (unpaired) electrons. The number of hydrogen-bond acceptors (Lipinski definition) is 4. The topological polar surface area (TPSA) is 84.7 Å². The number of benzene rings is 1. The standard InChI is InChI=1S/C17H20Cl2N4O3S/c1-27(25,26)23-6-4-21(5-7-23)17(24)22-10-13(9-20)14(11-22)12-2-3-15(18)16(19)8-12/h2-3,8,13-14H,4-7,10-11H2,1H3. The molecule has 10 heteroatoms. The second-order valence-corrected chi connectivity index (χ2v) is 9.65. The number of nitriles is 1. The van der Waals surface area contributed by atoms with Crippen LogP contribution in [0.3, 0.4) is 0 Å². The van der Waals surface area contributed by atoms with Crippen LogP contribution >= 0.6 is 23.2 Å². The zero-order chi connectivity index (χ0) is 19.8. The van der Waals surface area contributed by atoms with Crippen LogP contribution < -0.4 is 0 Å². The summed E-state index contributed by atoms with van der Waals surface area (Å²) >= 11 is 12.1. The Kier molecular flexibility index (Phi) is 5.87. The van der Waals surface area contributed by atoms with Gasteiger partial charge < -0.3 is 9.80 Å². The maximum absolute atomic E-state index is 12.8. The number of nitrogens with zero attached hydrogens (tertiary/aromatic N) is 4. The van der Waals surface area contributed by atoms with E-state index in [1.807, 2.05) is 6.07 Å². The van der Waals surface area contributed by atoms with Gasteiger partial charge in [-0.1, -0.05) is 29.3 Å². The fourth-order valence-electron chi connectivity index (χ4n) is 3.58. The molecule has 27 heavy (non-hydrogen) atoms. The molecule has 2 fully saturated rings. The van der Waals surface area contributed by atoms with Crippen molar-refractivity contribution in [2.45, 2.75) is 5.92 Å². The average Bonchev–Trinajstić information content (AvgIpc) is 3.07. The zero-order valence-corrected chi connectivity index (χ0v) is 17.1. The van der Waals surface area contributed by atoms with Crippen molar-refractivity contribution in [3.8, 4) is 6.07 Å². The van der Waals surface area contributed by atoms with E-state index >= 15 is 0 Å². The summed E-state index contributed by atoms with van der Waals surface area (Å²) in [6.45, 7) is 2.02. The SMILES string of the molecule is CS(=O)(=O)N1CCN(C(=O)N2CC(C#N)C(c3ccc(Cl)c(Cl)c3)C2)CC1. The summed E-state index contributed by atoms with van der Waals surface area (Å²) in [7, 11) is -3.24. The highest BCUT2D eigenvalue weighted by atomic mass is 35.5. The van der Waals surface area contributed by atoms with E-state index in [-0.39, 0.29) is 31.0 Å². The summed E-state index contributed by atoms with van der Waals surface area (Å²) in [5.41, 5.74) is 0.883. The van der Waals surface area contributed by atoms with Crippen LogP contribution in [-0.2, 0) is 10.0 Å². The van der Waals surface area contributed by atoms with Crippen LogP contribution in [0.25, 0.3) is 0 Å². The lowest BCUT2D eigenvalue weighted by Gasteiger charge is -2.35. The highest BCUT2D eigenvalue weighted by Crippen LogP contribution is 2.35. The molecule has 0 saturated carbocycles. The van der Waals surface area contributed by atoms with Gasteiger partial charge in [-0.3, -0.25) is 0 Å². The maximum atomic E-state index is 12.8. The highest BCUT2D eigenvalue weighted by Gasteiger charge is 2.39. The molecule has 2 saturated heterocycles. The van der Waals surface area contributed by atoms with Gasteiger partial charge in [-0.2, -0.15) is 9.57 Å². The summed E-state index contributed by atoms with van der Waals surface area (Å²) in [6.07, 6.45) is 1.17. The van der Waals surface area contributed by atoms with Crippen molar-refractivity contribution >= 4 is 39.3 Å². The van der Waals surface area contributed by atoms with E-state index in [4.69, 9.17) is 23.2 Å². The minimum Gasteiger partial charge on any atom is -0.323 e. The molecular weight excluding hydrogens is 411 g/mol. The Bertz CT molecular complexity index is 879. The number of amides is 2. The van der Waals surface area contributed by atoms with Gasteiger partial charge in [0.15, 0.2) is 0 Å². The molecule has 0 N–H and O–H groups in total. The smallest absolute Gasteiger partial charge is 0.320 e. The van der Waals surface area contributed by atoms with Gasteiger partial charge in [0.05, 0.1) is 28.3 Å².